The normalized spacial score (nSPS) is 23.6. The largest absolute Gasteiger partial charge is 0.352 e. The first-order valence-electron chi connectivity index (χ1n) is 11.5. The topological polar surface area (TPSA) is 78.5 Å². The van der Waals surface area contributed by atoms with Gasteiger partial charge in [0.15, 0.2) is 0 Å². The summed E-state index contributed by atoms with van der Waals surface area (Å²) in [4.78, 5) is 15.1. The predicted octanol–water partition coefficient (Wildman–Crippen LogP) is 2.47. The lowest BCUT2D eigenvalue weighted by Gasteiger charge is -2.30. The number of likely N-dealkylation sites (tertiary alicyclic amines) is 1. The fourth-order valence-electron chi connectivity index (χ4n) is 5.08. The maximum absolute atomic E-state index is 12.8. The number of amides is 1. The minimum atomic E-state index is -3.51. The number of hydrogen-bond acceptors (Lipinski definition) is 4. The van der Waals surface area contributed by atoms with Crippen molar-refractivity contribution < 1.29 is 13.2 Å². The van der Waals surface area contributed by atoms with Crippen LogP contribution in [0.3, 0.4) is 0 Å². The molecule has 2 N–H and O–H groups in total. The van der Waals surface area contributed by atoms with Crippen molar-refractivity contribution in [1.29, 1.82) is 0 Å². The summed E-state index contributed by atoms with van der Waals surface area (Å²) in [7, 11) is -3.51. The van der Waals surface area contributed by atoms with Crippen molar-refractivity contribution in [2.24, 2.45) is 11.8 Å². The maximum atomic E-state index is 12.8. The summed E-state index contributed by atoms with van der Waals surface area (Å²) in [5, 5.41) is 3.19. The number of carbonyl (C=O) groups is 1. The van der Waals surface area contributed by atoms with Crippen LogP contribution in [-0.4, -0.2) is 51.4 Å². The number of benzene rings is 1. The molecule has 166 valence electrons. The van der Waals surface area contributed by atoms with Gasteiger partial charge < -0.3 is 10.2 Å². The van der Waals surface area contributed by atoms with Crippen LogP contribution in [0.15, 0.2) is 23.1 Å². The van der Waals surface area contributed by atoms with Crippen molar-refractivity contribution in [2.45, 2.75) is 69.2 Å². The van der Waals surface area contributed by atoms with Crippen molar-refractivity contribution in [3.8, 4) is 0 Å². The molecule has 2 aliphatic carbocycles. The zero-order valence-electron chi connectivity index (χ0n) is 18.0. The molecule has 0 radical (unpaired) electrons. The molecule has 6 nitrogen and oxygen atoms in total. The van der Waals surface area contributed by atoms with Gasteiger partial charge in [0.1, 0.15) is 0 Å². The SMILES string of the molecule is CC1CCN(CCNS(=O)(=O)c2ccc3c(c2)C[C@H](NC(=O)C2CCCC2)C3)CC1. The third-order valence-electron chi connectivity index (χ3n) is 7.09. The van der Waals surface area contributed by atoms with E-state index < -0.39 is 10.0 Å². The first-order valence-corrected chi connectivity index (χ1v) is 13.0. The van der Waals surface area contributed by atoms with Gasteiger partial charge in [-0.25, -0.2) is 13.1 Å². The van der Waals surface area contributed by atoms with E-state index in [-0.39, 0.29) is 17.9 Å². The van der Waals surface area contributed by atoms with E-state index in [1.807, 2.05) is 6.07 Å². The van der Waals surface area contributed by atoms with Gasteiger partial charge in [-0.15, -0.1) is 0 Å². The number of carbonyl (C=O) groups excluding carboxylic acids is 1. The second-order valence-electron chi connectivity index (χ2n) is 9.45. The first-order chi connectivity index (χ1) is 14.4. The third kappa shape index (κ3) is 5.24. The molecule has 1 aromatic carbocycles. The van der Waals surface area contributed by atoms with E-state index in [1.54, 1.807) is 12.1 Å². The number of rotatable bonds is 7. The van der Waals surface area contributed by atoms with Crippen molar-refractivity contribution in [2.75, 3.05) is 26.2 Å². The lowest BCUT2D eigenvalue weighted by Crippen LogP contribution is -2.39. The summed E-state index contributed by atoms with van der Waals surface area (Å²) < 4.78 is 28.3. The molecule has 0 spiro atoms. The molecule has 1 amide bonds. The summed E-state index contributed by atoms with van der Waals surface area (Å²) >= 11 is 0. The Kier molecular flexibility index (Phi) is 6.80. The molecular weight excluding hydrogens is 398 g/mol. The zero-order valence-corrected chi connectivity index (χ0v) is 18.8. The van der Waals surface area contributed by atoms with E-state index in [2.05, 4.69) is 21.9 Å². The Balaban J connectivity index is 1.30. The van der Waals surface area contributed by atoms with Crippen LogP contribution in [0.25, 0.3) is 0 Å². The fourth-order valence-corrected chi connectivity index (χ4v) is 6.15. The summed E-state index contributed by atoms with van der Waals surface area (Å²) in [6.45, 7) is 5.57. The number of nitrogens with one attached hydrogen (secondary N) is 2. The van der Waals surface area contributed by atoms with Gasteiger partial charge in [-0.1, -0.05) is 25.8 Å². The number of nitrogens with zero attached hydrogens (tertiary/aromatic N) is 1. The van der Waals surface area contributed by atoms with Crippen molar-refractivity contribution in [1.82, 2.24) is 14.9 Å². The number of fused-ring (bicyclic) bond motifs is 1. The van der Waals surface area contributed by atoms with Gasteiger partial charge in [0.05, 0.1) is 4.90 Å². The van der Waals surface area contributed by atoms with Crippen LogP contribution in [0.1, 0.15) is 56.6 Å². The molecule has 1 aromatic rings. The molecule has 1 saturated carbocycles. The number of sulfonamides is 1. The standard InChI is InChI=1S/C23H35N3O3S/c1-17-8-11-26(12-9-17)13-10-24-30(28,29)22-7-6-19-14-21(15-20(19)16-22)25-23(27)18-4-2-3-5-18/h6-7,16-18,21,24H,2-5,8-15H2,1H3,(H,25,27)/t21-/m1/s1. The van der Waals surface area contributed by atoms with Gasteiger partial charge >= 0.3 is 0 Å². The Morgan fingerprint density at radius 3 is 2.50 bits per heavy atom. The second kappa shape index (κ2) is 9.37. The molecule has 1 aliphatic heterocycles. The number of piperidine rings is 1. The molecule has 7 heteroatoms. The van der Waals surface area contributed by atoms with E-state index in [9.17, 15) is 13.2 Å². The van der Waals surface area contributed by atoms with Gasteiger partial charge in [0, 0.05) is 25.0 Å². The van der Waals surface area contributed by atoms with Gasteiger partial charge in [-0.2, -0.15) is 0 Å². The highest BCUT2D eigenvalue weighted by Crippen LogP contribution is 2.28. The third-order valence-corrected chi connectivity index (χ3v) is 8.55. The van der Waals surface area contributed by atoms with Gasteiger partial charge in [-0.05, 0) is 80.8 Å². The molecule has 0 unspecified atom stereocenters. The monoisotopic (exact) mass is 433 g/mol. The first kappa shape index (κ1) is 21.8. The molecule has 3 aliphatic rings. The van der Waals surface area contributed by atoms with Crippen LogP contribution in [0.2, 0.25) is 0 Å². The highest BCUT2D eigenvalue weighted by molar-refractivity contribution is 7.89. The van der Waals surface area contributed by atoms with E-state index >= 15 is 0 Å². The smallest absolute Gasteiger partial charge is 0.240 e. The Bertz CT molecular complexity index is 856. The molecule has 2 fully saturated rings. The highest BCUT2D eigenvalue weighted by atomic mass is 32.2. The average Bonchev–Trinajstić information content (AvgIpc) is 3.38. The minimum Gasteiger partial charge on any atom is -0.352 e. The number of hydrogen-bond donors (Lipinski definition) is 2. The zero-order chi connectivity index (χ0) is 21.1. The Morgan fingerprint density at radius 1 is 1.07 bits per heavy atom. The summed E-state index contributed by atoms with van der Waals surface area (Å²) in [5.74, 6) is 1.11. The average molecular weight is 434 g/mol. The van der Waals surface area contributed by atoms with E-state index in [0.717, 1.165) is 68.8 Å². The molecule has 4 rings (SSSR count). The predicted molar refractivity (Wildman–Crippen MR) is 118 cm³/mol. The molecule has 0 bridgehead atoms. The second-order valence-corrected chi connectivity index (χ2v) is 11.2. The summed E-state index contributed by atoms with van der Waals surface area (Å²) in [6.07, 6.45) is 8.16. The molecule has 1 heterocycles. The lowest BCUT2D eigenvalue weighted by atomic mass is 9.99. The van der Waals surface area contributed by atoms with Crippen molar-refractivity contribution in [3.05, 3.63) is 29.3 Å². The molecule has 0 aromatic heterocycles. The highest BCUT2D eigenvalue weighted by Gasteiger charge is 2.29. The van der Waals surface area contributed by atoms with Crippen LogP contribution in [-0.2, 0) is 27.7 Å². The van der Waals surface area contributed by atoms with E-state index in [1.165, 1.54) is 12.8 Å². The van der Waals surface area contributed by atoms with Crippen molar-refractivity contribution in [3.63, 3.8) is 0 Å². The summed E-state index contributed by atoms with van der Waals surface area (Å²) in [6, 6.07) is 5.49. The molecule has 1 saturated heterocycles. The Hall–Kier alpha value is -1.44. The fraction of sp³-hybridized carbons (Fsp3) is 0.696. The van der Waals surface area contributed by atoms with Gasteiger partial charge in [0.2, 0.25) is 15.9 Å². The Labute approximate surface area is 180 Å². The van der Waals surface area contributed by atoms with E-state index in [4.69, 9.17) is 0 Å². The van der Waals surface area contributed by atoms with Crippen LogP contribution in [0.5, 0.6) is 0 Å². The molecule has 30 heavy (non-hydrogen) atoms. The Morgan fingerprint density at radius 2 is 1.77 bits per heavy atom. The van der Waals surface area contributed by atoms with E-state index in [0.29, 0.717) is 17.9 Å². The quantitative estimate of drug-likeness (QED) is 0.692. The van der Waals surface area contributed by atoms with Gasteiger partial charge in [0.25, 0.3) is 0 Å². The van der Waals surface area contributed by atoms with Crippen LogP contribution in [0, 0.1) is 11.8 Å². The van der Waals surface area contributed by atoms with Gasteiger partial charge in [-0.3, -0.25) is 4.79 Å². The lowest BCUT2D eigenvalue weighted by molar-refractivity contribution is -0.125. The summed E-state index contributed by atoms with van der Waals surface area (Å²) in [5.41, 5.74) is 2.19. The van der Waals surface area contributed by atoms with Crippen LogP contribution >= 0.6 is 0 Å². The minimum absolute atomic E-state index is 0.0838. The maximum Gasteiger partial charge on any atom is 0.240 e. The van der Waals surface area contributed by atoms with Crippen LogP contribution in [0.4, 0.5) is 0 Å². The van der Waals surface area contributed by atoms with Crippen LogP contribution < -0.4 is 10.0 Å². The molecule has 1 atom stereocenters. The molecular formula is C23H35N3O3S. The van der Waals surface area contributed by atoms with Crippen molar-refractivity contribution >= 4 is 15.9 Å².